The molecule has 0 aliphatic heterocycles. The summed E-state index contributed by atoms with van der Waals surface area (Å²) in [5, 5.41) is 38.2. The monoisotopic (exact) mass is 466 g/mol. The lowest BCUT2D eigenvalue weighted by Gasteiger charge is -2.17. The molecule has 0 spiro atoms. The SMILES string of the molecule is Cc1ccc(Oc2ccccc2Oc2ccc(C)c(C(=O)O)c2C(=O)O)c(C(=O)O)c1C(=O)O. The van der Waals surface area contributed by atoms with Crippen molar-refractivity contribution in [3.63, 3.8) is 0 Å². The highest BCUT2D eigenvalue weighted by molar-refractivity contribution is 6.05. The fraction of sp³-hybridized carbons (Fsp3) is 0.0833. The molecule has 0 saturated heterocycles. The molecule has 3 rings (SSSR count). The number of carboxylic acid groups (broad SMARTS) is 4. The van der Waals surface area contributed by atoms with Gasteiger partial charge in [-0.3, -0.25) is 0 Å². The third-order valence-corrected chi connectivity index (χ3v) is 4.90. The van der Waals surface area contributed by atoms with Crippen LogP contribution in [0.25, 0.3) is 0 Å². The van der Waals surface area contributed by atoms with Gasteiger partial charge in [-0.15, -0.1) is 0 Å². The van der Waals surface area contributed by atoms with E-state index in [9.17, 15) is 39.6 Å². The molecule has 34 heavy (non-hydrogen) atoms. The van der Waals surface area contributed by atoms with Gasteiger partial charge in [0.2, 0.25) is 0 Å². The Morgan fingerprint density at radius 1 is 0.500 bits per heavy atom. The van der Waals surface area contributed by atoms with Crippen molar-refractivity contribution < 1.29 is 49.1 Å². The van der Waals surface area contributed by atoms with Gasteiger partial charge in [-0.2, -0.15) is 0 Å². The van der Waals surface area contributed by atoms with Crippen molar-refractivity contribution >= 4 is 23.9 Å². The van der Waals surface area contributed by atoms with Gasteiger partial charge in [0.25, 0.3) is 0 Å². The number of rotatable bonds is 8. The minimum absolute atomic E-state index is 0.0565. The van der Waals surface area contributed by atoms with Gasteiger partial charge in [-0.1, -0.05) is 24.3 Å². The number of carbonyl (C=O) groups is 4. The van der Waals surface area contributed by atoms with Gasteiger partial charge >= 0.3 is 23.9 Å². The first kappa shape index (κ1) is 23.8. The van der Waals surface area contributed by atoms with E-state index in [0.717, 1.165) is 0 Å². The molecule has 174 valence electrons. The Hall–Kier alpha value is -4.86. The van der Waals surface area contributed by atoms with E-state index in [1.54, 1.807) is 0 Å². The summed E-state index contributed by atoms with van der Waals surface area (Å²) < 4.78 is 11.4. The zero-order chi connectivity index (χ0) is 25.2. The molecule has 0 atom stereocenters. The number of aromatic carboxylic acids is 4. The van der Waals surface area contributed by atoms with Crippen molar-refractivity contribution in [1.29, 1.82) is 0 Å². The van der Waals surface area contributed by atoms with Crippen LogP contribution in [0.3, 0.4) is 0 Å². The topological polar surface area (TPSA) is 168 Å². The molecule has 0 fully saturated rings. The number of aryl methyl sites for hydroxylation is 2. The lowest BCUT2D eigenvalue weighted by atomic mass is 10.0. The Bertz CT molecular complexity index is 1240. The number of para-hydroxylation sites is 2. The highest BCUT2D eigenvalue weighted by Crippen LogP contribution is 2.39. The van der Waals surface area contributed by atoms with Crippen molar-refractivity contribution in [2.45, 2.75) is 13.8 Å². The van der Waals surface area contributed by atoms with Gasteiger partial charge in [-0.25, -0.2) is 19.2 Å². The minimum atomic E-state index is -1.52. The van der Waals surface area contributed by atoms with Crippen LogP contribution in [0.4, 0.5) is 0 Å². The highest BCUT2D eigenvalue weighted by atomic mass is 16.5. The average molecular weight is 466 g/mol. The van der Waals surface area contributed by atoms with Gasteiger partial charge in [-0.05, 0) is 49.2 Å². The van der Waals surface area contributed by atoms with Gasteiger partial charge in [0, 0.05) is 0 Å². The summed E-state index contributed by atoms with van der Waals surface area (Å²) in [6.07, 6.45) is 0. The second kappa shape index (κ2) is 9.33. The van der Waals surface area contributed by atoms with Gasteiger partial charge in [0.15, 0.2) is 11.5 Å². The van der Waals surface area contributed by atoms with Crippen molar-refractivity contribution in [3.05, 3.63) is 81.9 Å². The highest BCUT2D eigenvalue weighted by Gasteiger charge is 2.26. The van der Waals surface area contributed by atoms with Crippen LogP contribution < -0.4 is 9.47 Å². The zero-order valence-electron chi connectivity index (χ0n) is 17.9. The van der Waals surface area contributed by atoms with Crippen LogP contribution in [0, 0.1) is 13.8 Å². The maximum Gasteiger partial charge on any atom is 0.340 e. The van der Waals surface area contributed by atoms with E-state index < -0.39 is 46.1 Å². The fourth-order valence-corrected chi connectivity index (χ4v) is 3.38. The van der Waals surface area contributed by atoms with E-state index in [1.165, 1.54) is 62.4 Å². The Morgan fingerprint density at radius 3 is 1.12 bits per heavy atom. The molecule has 0 amide bonds. The predicted molar refractivity (Wildman–Crippen MR) is 117 cm³/mol. The number of hydrogen-bond acceptors (Lipinski definition) is 6. The normalized spacial score (nSPS) is 10.4. The molecule has 4 N–H and O–H groups in total. The van der Waals surface area contributed by atoms with E-state index in [1.807, 2.05) is 0 Å². The standard InChI is InChI=1S/C24H18O10/c1-11-7-9-15(19(23(29)30)17(11)21(25)26)33-13-5-3-4-6-14(13)34-16-10-8-12(2)18(22(27)28)20(16)24(31)32/h3-10H,1-2H3,(H,25,26)(H,27,28)(H,29,30)(H,31,32). The molecule has 0 aliphatic rings. The Kier molecular flexibility index (Phi) is 6.53. The van der Waals surface area contributed by atoms with Gasteiger partial charge < -0.3 is 29.9 Å². The largest absolute Gasteiger partial charge is 0.478 e. The molecule has 0 aromatic heterocycles. The summed E-state index contributed by atoms with van der Waals surface area (Å²) in [7, 11) is 0. The van der Waals surface area contributed by atoms with Crippen molar-refractivity contribution in [2.75, 3.05) is 0 Å². The third kappa shape index (κ3) is 4.51. The maximum atomic E-state index is 11.8. The number of hydrogen-bond donors (Lipinski definition) is 4. The second-order valence-corrected chi connectivity index (χ2v) is 7.13. The molecular weight excluding hydrogens is 448 g/mol. The molecule has 0 radical (unpaired) electrons. The summed E-state index contributed by atoms with van der Waals surface area (Å²) in [6.45, 7) is 2.89. The number of ether oxygens (including phenoxy) is 2. The number of benzene rings is 3. The lowest BCUT2D eigenvalue weighted by Crippen LogP contribution is -2.12. The van der Waals surface area contributed by atoms with Crippen molar-refractivity contribution in [1.82, 2.24) is 0 Å². The summed E-state index contributed by atoms with van der Waals surface area (Å²) in [5.74, 6) is -6.61. The van der Waals surface area contributed by atoms with Gasteiger partial charge in [0.05, 0.1) is 11.1 Å². The first-order valence-electron chi connectivity index (χ1n) is 9.68. The predicted octanol–water partition coefficient (Wildman–Crippen LogP) is 4.68. The summed E-state index contributed by atoms with van der Waals surface area (Å²) in [4.78, 5) is 46.9. The van der Waals surface area contributed by atoms with Crippen LogP contribution >= 0.6 is 0 Å². The van der Waals surface area contributed by atoms with Crippen molar-refractivity contribution in [3.8, 4) is 23.0 Å². The van der Waals surface area contributed by atoms with E-state index in [2.05, 4.69) is 0 Å². The van der Waals surface area contributed by atoms with E-state index in [-0.39, 0.29) is 34.1 Å². The smallest absolute Gasteiger partial charge is 0.340 e. The van der Waals surface area contributed by atoms with E-state index in [4.69, 9.17) is 9.47 Å². The molecule has 0 heterocycles. The molecule has 10 nitrogen and oxygen atoms in total. The Morgan fingerprint density at radius 2 is 0.824 bits per heavy atom. The zero-order valence-corrected chi connectivity index (χ0v) is 17.9. The van der Waals surface area contributed by atoms with Crippen LogP contribution in [0.1, 0.15) is 52.6 Å². The fourth-order valence-electron chi connectivity index (χ4n) is 3.38. The molecule has 0 unspecified atom stereocenters. The number of carboxylic acids is 4. The molecule has 0 saturated carbocycles. The molecular formula is C24H18O10. The molecule has 3 aromatic rings. The molecule has 10 heteroatoms. The summed E-state index contributed by atoms with van der Waals surface area (Å²) in [6, 6.07) is 11.2. The average Bonchev–Trinajstić information content (AvgIpc) is 2.75. The van der Waals surface area contributed by atoms with E-state index in [0.29, 0.717) is 0 Å². The maximum absolute atomic E-state index is 11.8. The summed E-state index contributed by atoms with van der Waals surface area (Å²) in [5.41, 5.74) is -1.60. The summed E-state index contributed by atoms with van der Waals surface area (Å²) >= 11 is 0. The van der Waals surface area contributed by atoms with Gasteiger partial charge in [0.1, 0.15) is 22.6 Å². The first-order valence-corrected chi connectivity index (χ1v) is 9.68. The Balaban J connectivity index is 2.12. The Labute approximate surface area is 192 Å². The quantitative estimate of drug-likeness (QED) is 0.366. The van der Waals surface area contributed by atoms with Crippen LogP contribution in [-0.4, -0.2) is 44.3 Å². The van der Waals surface area contributed by atoms with Crippen LogP contribution in [-0.2, 0) is 0 Å². The van der Waals surface area contributed by atoms with Crippen LogP contribution in [0.15, 0.2) is 48.5 Å². The second-order valence-electron chi connectivity index (χ2n) is 7.13. The van der Waals surface area contributed by atoms with Crippen LogP contribution in [0.2, 0.25) is 0 Å². The van der Waals surface area contributed by atoms with Crippen LogP contribution in [0.5, 0.6) is 23.0 Å². The molecule has 0 aliphatic carbocycles. The molecule has 3 aromatic carbocycles. The minimum Gasteiger partial charge on any atom is -0.478 e. The van der Waals surface area contributed by atoms with Crippen molar-refractivity contribution in [2.24, 2.45) is 0 Å². The lowest BCUT2D eigenvalue weighted by molar-refractivity contribution is 0.0647. The molecule has 0 bridgehead atoms. The third-order valence-electron chi connectivity index (χ3n) is 4.90. The first-order chi connectivity index (χ1) is 16.0. The van der Waals surface area contributed by atoms with E-state index >= 15 is 0 Å².